The number of hydrogen-bond acceptors (Lipinski definition) is 2. The molecule has 0 aliphatic carbocycles. The molecule has 24 heavy (non-hydrogen) atoms. The summed E-state index contributed by atoms with van der Waals surface area (Å²) in [4.78, 5) is 17.1. The molecule has 0 saturated carbocycles. The summed E-state index contributed by atoms with van der Waals surface area (Å²) in [5.41, 5.74) is 4.95. The predicted octanol–water partition coefficient (Wildman–Crippen LogP) is 4.60. The van der Waals surface area contributed by atoms with Crippen molar-refractivity contribution in [2.45, 2.75) is 34.1 Å². The highest BCUT2D eigenvalue weighted by Crippen LogP contribution is 2.29. The molecule has 124 valence electrons. The van der Waals surface area contributed by atoms with Crippen molar-refractivity contribution in [1.82, 2.24) is 9.38 Å². The van der Waals surface area contributed by atoms with Gasteiger partial charge in [-0.15, -0.1) is 0 Å². The number of anilines is 1. The first-order valence-electron chi connectivity index (χ1n) is 8.29. The fourth-order valence-corrected chi connectivity index (χ4v) is 2.74. The third-order valence-electron chi connectivity index (χ3n) is 3.94. The summed E-state index contributed by atoms with van der Waals surface area (Å²) in [6.07, 6.45) is 2.50. The monoisotopic (exact) mass is 321 g/mol. The van der Waals surface area contributed by atoms with Gasteiger partial charge in [0.15, 0.2) is 0 Å². The van der Waals surface area contributed by atoms with Gasteiger partial charge in [0.05, 0.1) is 0 Å². The molecule has 1 aromatic carbocycles. The highest BCUT2D eigenvalue weighted by Gasteiger charge is 2.17. The topological polar surface area (TPSA) is 46.4 Å². The van der Waals surface area contributed by atoms with Gasteiger partial charge in [0.2, 0.25) is 5.91 Å². The SMILES string of the molecule is Cc1ccc(-c2nc3ccc(C)cn3c2NC(=O)CC(C)C)cc1. The lowest BCUT2D eigenvalue weighted by Crippen LogP contribution is -2.15. The van der Waals surface area contributed by atoms with E-state index in [-0.39, 0.29) is 5.91 Å². The Morgan fingerprint density at radius 2 is 1.75 bits per heavy atom. The highest BCUT2D eigenvalue weighted by molar-refractivity contribution is 5.94. The van der Waals surface area contributed by atoms with Gasteiger partial charge in [-0.2, -0.15) is 0 Å². The molecule has 0 radical (unpaired) electrons. The first-order chi connectivity index (χ1) is 11.4. The van der Waals surface area contributed by atoms with E-state index >= 15 is 0 Å². The zero-order valence-corrected chi connectivity index (χ0v) is 14.6. The number of rotatable bonds is 4. The van der Waals surface area contributed by atoms with Crippen LogP contribution in [0.5, 0.6) is 0 Å². The summed E-state index contributed by atoms with van der Waals surface area (Å²) < 4.78 is 1.96. The minimum atomic E-state index is 0.0154. The maximum atomic E-state index is 12.3. The fraction of sp³-hybridized carbons (Fsp3) is 0.300. The molecular weight excluding hydrogens is 298 g/mol. The Morgan fingerprint density at radius 1 is 1.08 bits per heavy atom. The third kappa shape index (κ3) is 3.32. The molecule has 0 unspecified atom stereocenters. The van der Waals surface area contributed by atoms with Gasteiger partial charge in [-0.1, -0.05) is 49.7 Å². The van der Waals surface area contributed by atoms with Gasteiger partial charge in [-0.25, -0.2) is 4.98 Å². The quantitative estimate of drug-likeness (QED) is 0.763. The van der Waals surface area contributed by atoms with Gasteiger partial charge in [0, 0.05) is 18.2 Å². The number of nitrogens with zero attached hydrogens (tertiary/aromatic N) is 2. The number of imidazole rings is 1. The van der Waals surface area contributed by atoms with E-state index < -0.39 is 0 Å². The van der Waals surface area contributed by atoms with E-state index in [4.69, 9.17) is 4.98 Å². The van der Waals surface area contributed by atoms with E-state index in [9.17, 15) is 4.79 Å². The van der Waals surface area contributed by atoms with Crippen LogP contribution in [0.3, 0.4) is 0 Å². The molecule has 3 aromatic rings. The molecule has 2 heterocycles. The van der Waals surface area contributed by atoms with Crippen molar-refractivity contribution in [3.63, 3.8) is 0 Å². The molecule has 1 N–H and O–H groups in total. The Hall–Kier alpha value is -2.62. The summed E-state index contributed by atoms with van der Waals surface area (Å²) in [6.45, 7) is 8.17. The lowest BCUT2D eigenvalue weighted by molar-refractivity contribution is -0.116. The summed E-state index contributed by atoms with van der Waals surface area (Å²) >= 11 is 0. The smallest absolute Gasteiger partial charge is 0.225 e. The van der Waals surface area contributed by atoms with Gasteiger partial charge in [-0.05, 0) is 31.4 Å². The first kappa shape index (κ1) is 16.2. The molecule has 0 saturated heterocycles. The van der Waals surface area contributed by atoms with Crippen LogP contribution in [0, 0.1) is 19.8 Å². The summed E-state index contributed by atoms with van der Waals surface area (Å²) in [5, 5.41) is 3.07. The molecule has 3 rings (SSSR count). The second-order valence-corrected chi connectivity index (χ2v) is 6.76. The molecule has 4 heteroatoms. The van der Waals surface area contributed by atoms with Crippen LogP contribution in [0.1, 0.15) is 31.4 Å². The first-order valence-corrected chi connectivity index (χ1v) is 8.29. The van der Waals surface area contributed by atoms with Crippen LogP contribution >= 0.6 is 0 Å². The van der Waals surface area contributed by atoms with Crippen LogP contribution < -0.4 is 5.32 Å². The van der Waals surface area contributed by atoms with Crippen LogP contribution in [0.2, 0.25) is 0 Å². The second-order valence-electron chi connectivity index (χ2n) is 6.76. The Morgan fingerprint density at radius 3 is 2.42 bits per heavy atom. The lowest BCUT2D eigenvalue weighted by atomic mass is 10.1. The van der Waals surface area contributed by atoms with Crippen LogP contribution in [-0.4, -0.2) is 15.3 Å². The number of carbonyl (C=O) groups is 1. The minimum absolute atomic E-state index is 0.0154. The van der Waals surface area contributed by atoms with Crippen molar-refractivity contribution in [1.29, 1.82) is 0 Å². The summed E-state index contributed by atoms with van der Waals surface area (Å²) in [6, 6.07) is 12.2. The highest BCUT2D eigenvalue weighted by atomic mass is 16.1. The fourth-order valence-electron chi connectivity index (χ4n) is 2.74. The molecule has 2 aromatic heterocycles. The number of carbonyl (C=O) groups excluding carboxylic acids is 1. The van der Waals surface area contributed by atoms with E-state index in [1.165, 1.54) is 5.56 Å². The Labute approximate surface area is 142 Å². The number of nitrogens with one attached hydrogen (secondary N) is 1. The standard InChI is InChI=1S/C20H23N3O/c1-13(2)11-18(24)22-20-19(16-8-5-14(3)6-9-16)21-17-10-7-15(4)12-23(17)20/h5-10,12-13H,11H2,1-4H3,(H,22,24). The molecule has 0 bridgehead atoms. The molecule has 1 amide bonds. The van der Waals surface area contributed by atoms with Crippen molar-refractivity contribution >= 4 is 17.4 Å². The molecule has 0 fully saturated rings. The molecule has 0 aliphatic rings. The molecule has 4 nitrogen and oxygen atoms in total. The molecular formula is C20H23N3O. The number of aryl methyl sites for hydroxylation is 2. The summed E-state index contributed by atoms with van der Waals surface area (Å²) in [7, 11) is 0. The number of aromatic nitrogens is 2. The average Bonchev–Trinajstić information content (AvgIpc) is 2.85. The van der Waals surface area contributed by atoms with Crippen LogP contribution in [0.25, 0.3) is 16.9 Å². The van der Waals surface area contributed by atoms with Gasteiger partial charge in [-0.3, -0.25) is 9.20 Å². The van der Waals surface area contributed by atoms with Crippen molar-refractivity contribution in [2.75, 3.05) is 5.32 Å². The molecule has 0 spiro atoms. The van der Waals surface area contributed by atoms with Crippen LogP contribution in [-0.2, 0) is 4.79 Å². The Balaban J connectivity index is 2.11. The molecule has 0 atom stereocenters. The van der Waals surface area contributed by atoms with Gasteiger partial charge in [0.25, 0.3) is 0 Å². The zero-order chi connectivity index (χ0) is 17.3. The third-order valence-corrected chi connectivity index (χ3v) is 3.94. The number of pyridine rings is 1. The van der Waals surface area contributed by atoms with Gasteiger partial charge < -0.3 is 5.32 Å². The van der Waals surface area contributed by atoms with Crippen LogP contribution in [0.4, 0.5) is 5.82 Å². The largest absolute Gasteiger partial charge is 0.310 e. The average molecular weight is 321 g/mol. The summed E-state index contributed by atoms with van der Waals surface area (Å²) in [5.74, 6) is 1.07. The van der Waals surface area contributed by atoms with E-state index in [0.29, 0.717) is 12.3 Å². The Kier molecular flexibility index (Phi) is 4.38. The van der Waals surface area contributed by atoms with Crippen molar-refractivity contribution in [3.8, 4) is 11.3 Å². The zero-order valence-electron chi connectivity index (χ0n) is 14.6. The van der Waals surface area contributed by atoms with E-state index in [2.05, 4.69) is 24.4 Å². The van der Waals surface area contributed by atoms with Gasteiger partial charge >= 0.3 is 0 Å². The van der Waals surface area contributed by atoms with Crippen molar-refractivity contribution < 1.29 is 4.79 Å². The van der Waals surface area contributed by atoms with Crippen molar-refractivity contribution in [3.05, 3.63) is 53.7 Å². The minimum Gasteiger partial charge on any atom is -0.310 e. The van der Waals surface area contributed by atoms with E-state index in [0.717, 1.165) is 28.3 Å². The van der Waals surface area contributed by atoms with E-state index in [1.54, 1.807) is 0 Å². The predicted molar refractivity (Wildman–Crippen MR) is 98.2 cm³/mol. The normalized spacial score (nSPS) is 11.2. The van der Waals surface area contributed by atoms with Crippen molar-refractivity contribution in [2.24, 2.45) is 5.92 Å². The second kappa shape index (κ2) is 6.48. The number of fused-ring (bicyclic) bond motifs is 1. The number of amides is 1. The van der Waals surface area contributed by atoms with E-state index in [1.807, 2.05) is 55.6 Å². The Bertz CT molecular complexity index is 876. The number of hydrogen-bond donors (Lipinski definition) is 1. The number of benzene rings is 1. The lowest BCUT2D eigenvalue weighted by Gasteiger charge is -2.10. The maximum Gasteiger partial charge on any atom is 0.225 e. The van der Waals surface area contributed by atoms with Gasteiger partial charge in [0.1, 0.15) is 17.2 Å². The van der Waals surface area contributed by atoms with Crippen LogP contribution in [0.15, 0.2) is 42.6 Å². The maximum absolute atomic E-state index is 12.3. The molecule has 0 aliphatic heterocycles.